The first kappa shape index (κ1) is 39.4. The van der Waals surface area contributed by atoms with E-state index in [0.29, 0.717) is 17.5 Å². The lowest BCUT2D eigenvalue weighted by Gasteiger charge is -2.13. The molecule has 13 rings (SSSR count). The van der Waals surface area contributed by atoms with Crippen molar-refractivity contribution in [1.29, 1.82) is 0 Å². The quantitative estimate of drug-likeness (QED) is 0.153. The Morgan fingerprint density at radius 2 is 0.706 bits per heavy atom. The van der Waals surface area contributed by atoms with E-state index in [1.807, 2.05) is 60.7 Å². The van der Waals surface area contributed by atoms with Gasteiger partial charge in [-0.3, -0.25) is 0 Å². The van der Waals surface area contributed by atoms with Crippen LogP contribution in [0.4, 0.5) is 0 Å². The molecule has 0 unspecified atom stereocenters. The molecule has 12 aromatic rings. The molecular weight excluding hydrogens is 827 g/mol. The van der Waals surface area contributed by atoms with Crippen LogP contribution < -0.4 is 0 Å². The van der Waals surface area contributed by atoms with Crippen LogP contribution in [0.15, 0.2) is 231 Å². The third kappa shape index (κ3) is 6.92. The molecule has 68 heavy (non-hydrogen) atoms. The maximum absolute atomic E-state index is 5.00. The Balaban J connectivity index is 0.880. The number of nitrogens with zero attached hydrogens (tertiary/aromatic N) is 5. The summed E-state index contributed by atoms with van der Waals surface area (Å²) in [5.41, 5.74) is 18.4. The maximum Gasteiger partial charge on any atom is 0.164 e. The molecule has 0 saturated heterocycles. The molecule has 3 heterocycles. The number of aryl methyl sites for hydroxylation is 1. The van der Waals surface area contributed by atoms with Crippen molar-refractivity contribution in [3.63, 3.8) is 0 Å². The Labute approximate surface area is 394 Å². The second kappa shape index (κ2) is 16.5. The first-order valence-corrected chi connectivity index (χ1v) is 23.3. The van der Waals surface area contributed by atoms with E-state index in [9.17, 15) is 0 Å². The van der Waals surface area contributed by atoms with E-state index in [1.165, 1.54) is 77.3 Å². The topological polar surface area (TPSA) is 48.5 Å². The molecule has 5 heteroatoms. The first-order valence-electron chi connectivity index (χ1n) is 23.3. The van der Waals surface area contributed by atoms with Gasteiger partial charge in [0.25, 0.3) is 0 Å². The largest absolute Gasteiger partial charge is 0.310 e. The summed E-state index contributed by atoms with van der Waals surface area (Å²) in [4.78, 5) is 14.9. The van der Waals surface area contributed by atoms with Crippen LogP contribution >= 0.6 is 0 Å². The monoisotopic (exact) mass is 869 g/mol. The fourth-order valence-electron chi connectivity index (χ4n) is 10.1. The molecule has 0 saturated carbocycles. The zero-order valence-electron chi connectivity index (χ0n) is 37.2. The fraction of sp³-hybridized carbons (Fsp3) is 0.0317. The number of aromatic nitrogens is 5. The molecule has 0 spiro atoms. The van der Waals surface area contributed by atoms with Gasteiger partial charge in [0, 0.05) is 49.9 Å². The van der Waals surface area contributed by atoms with Crippen LogP contribution in [0.2, 0.25) is 0 Å². The van der Waals surface area contributed by atoms with E-state index in [2.05, 4.69) is 185 Å². The van der Waals surface area contributed by atoms with Gasteiger partial charge < -0.3 is 9.13 Å². The van der Waals surface area contributed by atoms with Gasteiger partial charge >= 0.3 is 0 Å². The smallest absolute Gasteiger partial charge is 0.164 e. The standard InChI is InChI=1S/C63H43N5/c1-4-14-42(15-5-1)43-24-26-44(27-25-43)45-28-34-51(35-29-45)67-57-22-12-10-20-53(57)55-38-32-49(40-59(55)67)50-33-39-56-54-21-11-13-23-58(54)68(60(56)41-50)52-36-30-48(31-37-52)63-65-61(46-16-6-2-7-17-46)64-62(66-63)47-18-8-3-9-19-47/h1-10,12-20,22-41H,11,21H2. The molecule has 0 aliphatic heterocycles. The van der Waals surface area contributed by atoms with E-state index in [0.717, 1.165) is 40.9 Å². The Hall–Kier alpha value is -8.93. The second-order valence-electron chi connectivity index (χ2n) is 17.5. The van der Waals surface area contributed by atoms with Crippen molar-refractivity contribution in [2.75, 3.05) is 0 Å². The Kier molecular flexibility index (Phi) is 9.57. The Morgan fingerprint density at radius 1 is 0.309 bits per heavy atom. The Bertz CT molecular complexity index is 3790. The predicted molar refractivity (Wildman–Crippen MR) is 281 cm³/mol. The zero-order chi connectivity index (χ0) is 45.0. The Morgan fingerprint density at radius 3 is 1.28 bits per heavy atom. The summed E-state index contributed by atoms with van der Waals surface area (Å²) in [6.07, 6.45) is 6.63. The van der Waals surface area contributed by atoms with Gasteiger partial charge in [0.1, 0.15) is 0 Å². The lowest BCUT2D eigenvalue weighted by molar-refractivity contribution is 0.967. The van der Waals surface area contributed by atoms with Crippen LogP contribution in [0.3, 0.4) is 0 Å². The molecule has 5 nitrogen and oxygen atoms in total. The SMILES string of the molecule is C1=Cc2c(c3ccc(-c4ccc5c6ccccc6n(-c6ccc(-c7ccc(-c8ccccc8)cc7)cc6)c5c4)cc3n2-c2ccc(-c3nc(-c4ccccc4)nc(-c4ccccc4)n3)cc2)CC1. The van der Waals surface area contributed by atoms with E-state index >= 15 is 0 Å². The van der Waals surface area contributed by atoms with E-state index < -0.39 is 0 Å². The van der Waals surface area contributed by atoms with Gasteiger partial charge in [0.15, 0.2) is 17.5 Å². The summed E-state index contributed by atoms with van der Waals surface area (Å²) in [5.74, 6) is 1.95. The maximum atomic E-state index is 5.00. The molecule has 0 atom stereocenters. The highest BCUT2D eigenvalue weighted by molar-refractivity contribution is 6.10. The van der Waals surface area contributed by atoms with Crippen LogP contribution in [-0.2, 0) is 6.42 Å². The average molecular weight is 870 g/mol. The van der Waals surface area contributed by atoms with Crippen LogP contribution in [0, 0.1) is 0 Å². The van der Waals surface area contributed by atoms with E-state index in [1.54, 1.807) is 0 Å². The van der Waals surface area contributed by atoms with Gasteiger partial charge in [-0.15, -0.1) is 0 Å². The van der Waals surface area contributed by atoms with E-state index in [4.69, 9.17) is 15.0 Å². The number of hydrogen-bond donors (Lipinski definition) is 0. The fourth-order valence-corrected chi connectivity index (χ4v) is 10.1. The van der Waals surface area contributed by atoms with Gasteiger partial charge in [-0.1, -0.05) is 176 Å². The van der Waals surface area contributed by atoms with Crippen molar-refractivity contribution in [2.24, 2.45) is 0 Å². The first-order chi connectivity index (χ1) is 33.7. The third-order valence-electron chi connectivity index (χ3n) is 13.5. The molecule has 0 radical (unpaired) electrons. The van der Waals surface area contributed by atoms with Gasteiger partial charge in [0.05, 0.1) is 16.6 Å². The van der Waals surface area contributed by atoms with Crippen LogP contribution in [0.25, 0.3) is 118 Å². The predicted octanol–water partition coefficient (Wildman–Crippen LogP) is 15.9. The molecular formula is C63H43N5. The number of rotatable bonds is 8. The highest BCUT2D eigenvalue weighted by Crippen LogP contribution is 2.40. The molecule has 0 bridgehead atoms. The zero-order valence-corrected chi connectivity index (χ0v) is 37.2. The van der Waals surface area contributed by atoms with Crippen molar-refractivity contribution in [3.05, 3.63) is 242 Å². The summed E-state index contributed by atoms with van der Waals surface area (Å²) in [6, 6.07) is 80.1. The minimum Gasteiger partial charge on any atom is -0.310 e. The highest BCUT2D eigenvalue weighted by Gasteiger charge is 2.21. The normalized spacial score (nSPS) is 12.2. The summed E-state index contributed by atoms with van der Waals surface area (Å²) >= 11 is 0. The highest BCUT2D eigenvalue weighted by atomic mass is 15.0. The second-order valence-corrected chi connectivity index (χ2v) is 17.5. The summed E-state index contributed by atoms with van der Waals surface area (Å²) in [5, 5.41) is 3.77. The number of hydrogen-bond acceptors (Lipinski definition) is 3. The number of benzene rings is 9. The lowest BCUT2D eigenvalue weighted by Crippen LogP contribution is -2.02. The van der Waals surface area contributed by atoms with Gasteiger partial charge in [0.2, 0.25) is 0 Å². The summed E-state index contributed by atoms with van der Waals surface area (Å²) < 4.78 is 4.85. The van der Waals surface area contributed by atoms with Crippen molar-refractivity contribution in [3.8, 4) is 78.9 Å². The van der Waals surface area contributed by atoms with Gasteiger partial charge in [-0.05, 0) is 112 Å². The summed E-state index contributed by atoms with van der Waals surface area (Å²) in [7, 11) is 0. The van der Waals surface area contributed by atoms with Gasteiger partial charge in [-0.25, -0.2) is 15.0 Å². The number of para-hydroxylation sites is 1. The van der Waals surface area contributed by atoms with Crippen LogP contribution in [0.1, 0.15) is 17.7 Å². The van der Waals surface area contributed by atoms with Crippen LogP contribution in [0.5, 0.6) is 0 Å². The molecule has 320 valence electrons. The van der Waals surface area contributed by atoms with E-state index in [-0.39, 0.29) is 0 Å². The molecule has 1 aliphatic carbocycles. The molecule has 9 aromatic carbocycles. The van der Waals surface area contributed by atoms with Crippen LogP contribution in [-0.4, -0.2) is 24.1 Å². The molecule has 1 aliphatic rings. The third-order valence-corrected chi connectivity index (χ3v) is 13.5. The summed E-state index contributed by atoms with van der Waals surface area (Å²) in [6.45, 7) is 0. The minimum absolute atomic E-state index is 0.642. The minimum atomic E-state index is 0.642. The van der Waals surface area contributed by atoms with Crippen molar-refractivity contribution < 1.29 is 0 Å². The molecule has 3 aromatic heterocycles. The molecule has 0 N–H and O–H groups in total. The number of allylic oxidation sites excluding steroid dienone is 1. The van der Waals surface area contributed by atoms with Gasteiger partial charge in [-0.2, -0.15) is 0 Å². The van der Waals surface area contributed by atoms with Crippen molar-refractivity contribution in [2.45, 2.75) is 12.8 Å². The van der Waals surface area contributed by atoms with Crippen molar-refractivity contribution in [1.82, 2.24) is 24.1 Å². The van der Waals surface area contributed by atoms with Crippen molar-refractivity contribution >= 4 is 38.8 Å². The average Bonchev–Trinajstić information content (AvgIpc) is 3.94. The lowest BCUT2D eigenvalue weighted by atomic mass is 9.98. The molecule has 0 fully saturated rings. The molecule has 0 amide bonds. The number of fused-ring (bicyclic) bond motifs is 6.